The van der Waals surface area contributed by atoms with Gasteiger partial charge in [0.2, 0.25) is 0 Å². The van der Waals surface area contributed by atoms with Crippen LogP contribution in [0.5, 0.6) is 0 Å². The van der Waals surface area contributed by atoms with Crippen LogP contribution in [0.15, 0.2) is 126 Å². The highest BCUT2D eigenvalue weighted by atomic mass is 79.9. The van der Waals surface area contributed by atoms with Crippen molar-refractivity contribution in [2.75, 3.05) is 5.32 Å². The largest absolute Gasteiger partial charge is 0.355 e. The van der Waals surface area contributed by atoms with Crippen LogP contribution in [0.3, 0.4) is 0 Å². The molecule has 1 N–H and O–H groups in total. The van der Waals surface area contributed by atoms with Crippen LogP contribution in [-0.4, -0.2) is 0 Å². The van der Waals surface area contributed by atoms with Crippen molar-refractivity contribution in [1.29, 1.82) is 0 Å². The van der Waals surface area contributed by atoms with Crippen molar-refractivity contribution in [2.45, 2.75) is 0 Å². The van der Waals surface area contributed by atoms with E-state index < -0.39 is 0 Å². The summed E-state index contributed by atoms with van der Waals surface area (Å²) in [6.07, 6.45) is 2.19. The molecule has 0 aliphatic rings. The van der Waals surface area contributed by atoms with Crippen LogP contribution >= 0.6 is 15.9 Å². The Hall–Kier alpha value is -3.62. The number of para-hydroxylation sites is 1. The molecule has 2 heteroatoms. The number of halogens is 1. The fraction of sp³-hybridized carbons (Fsp3) is 0. The Morgan fingerprint density at radius 1 is 0.625 bits per heavy atom. The topological polar surface area (TPSA) is 12.0 Å². The van der Waals surface area contributed by atoms with Gasteiger partial charge in [0.05, 0.1) is 0 Å². The fourth-order valence-corrected chi connectivity index (χ4v) is 4.44. The smallest absolute Gasteiger partial charge is 0.0475 e. The van der Waals surface area contributed by atoms with Gasteiger partial charge >= 0.3 is 0 Å². The molecule has 1 nitrogen and oxygen atoms in total. The number of fused-ring (bicyclic) bond motifs is 1. The number of rotatable bonds is 5. The molecule has 154 valence electrons. The maximum absolute atomic E-state index is 3.71. The number of benzene rings is 5. The summed E-state index contributed by atoms with van der Waals surface area (Å²) in [5.74, 6) is 0. The Balaban J connectivity index is 1.53. The van der Waals surface area contributed by atoms with Gasteiger partial charge < -0.3 is 5.32 Å². The van der Waals surface area contributed by atoms with Crippen LogP contribution < -0.4 is 5.32 Å². The van der Waals surface area contributed by atoms with Crippen LogP contribution in [0.2, 0.25) is 0 Å². The van der Waals surface area contributed by atoms with Gasteiger partial charge in [-0.25, -0.2) is 0 Å². The Kier molecular flexibility index (Phi) is 5.87. The zero-order valence-electron chi connectivity index (χ0n) is 17.5. The molecule has 0 amide bonds. The molecular weight excluding hydrogens is 454 g/mol. The van der Waals surface area contributed by atoms with Crippen LogP contribution in [0.25, 0.3) is 33.7 Å². The summed E-state index contributed by atoms with van der Waals surface area (Å²) >= 11 is 3.71. The summed E-state index contributed by atoms with van der Waals surface area (Å²) in [4.78, 5) is 0. The molecule has 0 bridgehead atoms. The summed E-state index contributed by atoms with van der Waals surface area (Å²) in [5.41, 5.74) is 6.84. The molecule has 5 aromatic rings. The molecule has 0 spiro atoms. The van der Waals surface area contributed by atoms with E-state index in [0.29, 0.717) is 0 Å². The number of nitrogens with one attached hydrogen (secondary N) is 1. The van der Waals surface area contributed by atoms with Crippen molar-refractivity contribution in [3.8, 4) is 11.1 Å². The first-order valence-electron chi connectivity index (χ1n) is 10.6. The molecule has 5 rings (SSSR count). The van der Waals surface area contributed by atoms with Gasteiger partial charge in [0.25, 0.3) is 0 Å². The van der Waals surface area contributed by atoms with Gasteiger partial charge in [-0.05, 0) is 51.7 Å². The predicted octanol–water partition coefficient (Wildman–Crippen LogP) is 8.88. The zero-order chi connectivity index (χ0) is 21.8. The number of anilines is 1. The fourth-order valence-electron chi connectivity index (χ4n) is 3.94. The highest BCUT2D eigenvalue weighted by Gasteiger charge is 2.08. The van der Waals surface area contributed by atoms with E-state index >= 15 is 0 Å². The minimum atomic E-state index is 1.04. The molecule has 0 radical (unpaired) electrons. The normalized spacial score (nSPS) is 11.5. The standard InChI is InChI=1S/C30H22BrN/c31-29-16-7-6-14-28(29)30(32-25-11-2-1-3-12-25)21-22-17-19-24(20-18-22)27-15-8-10-23-9-4-5-13-26(23)27/h1-21,32H. The summed E-state index contributed by atoms with van der Waals surface area (Å²) in [6, 6.07) is 42.3. The summed E-state index contributed by atoms with van der Waals surface area (Å²) < 4.78 is 1.06. The van der Waals surface area contributed by atoms with Crippen molar-refractivity contribution < 1.29 is 0 Å². The van der Waals surface area contributed by atoms with E-state index in [4.69, 9.17) is 0 Å². The minimum Gasteiger partial charge on any atom is -0.355 e. The second-order valence-corrected chi connectivity index (χ2v) is 8.53. The average molecular weight is 476 g/mol. The highest BCUT2D eigenvalue weighted by Crippen LogP contribution is 2.31. The molecule has 32 heavy (non-hydrogen) atoms. The molecule has 0 unspecified atom stereocenters. The SMILES string of the molecule is Brc1ccccc1C(=Cc1ccc(-c2cccc3ccccc23)cc1)Nc1ccccc1. The molecule has 0 saturated carbocycles. The van der Waals surface area contributed by atoms with Gasteiger partial charge in [0, 0.05) is 21.4 Å². The van der Waals surface area contributed by atoms with E-state index in [0.717, 1.165) is 27.0 Å². The summed E-state index contributed by atoms with van der Waals surface area (Å²) in [5, 5.41) is 6.12. The van der Waals surface area contributed by atoms with Gasteiger partial charge in [-0.3, -0.25) is 0 Å². The van der Waals surface area contributed by atoms with Crippen LogP contribution in [0, 0.1) is 0 Å². The lowest BCUT2D eigenvalue weighted by Gasteiger charge is -2.14. The van der Waals surface area contributed by atoms with Crippen LogP contribution in [-0.2, 0) is 0 Å². The van der Waals surface area contributed by atoms with Gasteiger partial charge in [-0.2, -0.15) is 0 Å². The van der Waals surface area contributed by atoms with Crippen LogP contribution in [0.1, 0.15) is 11.1 Å². The average Bonchev–Trinajstić information content (AvgIpc) is 2.85. The highest BCUT2D eigenvalue weighted by molar-refractivity contribution is 9.10. The van der Waals surface area contributed by atoms with E-state index in [-0.39, 0.29) is 0 Å². The molecule has 5 aromatic carbocycles. The summed E-state index contributed by atoms with van der Waals surface area (Å²) in [7, 11) is 0. The van der Waals surface area contributed by atoms with Gasteiger partial charge in [-0.15, -0.1) is 0 Å². The Morgan fingerprint density at radius 2 is 1.31 bits per heavy atom. The molecule has 0 aliphatic heterocycles. The Bertz CT molecular complexity index is 1380. The molecule has 0 saturated heterocycles. The van der Waals surface area contributed by atoms with Gasteiger partial charge in [0.1, 0.15) is 0 Å². The van der Waals surface area contributed by atoms with Gasteiger partial charge in [0.15, 0.2) is 0 Å². The molecule has 0 atom stereocenters. The lowest BCUT2D eigenvalue weighted by Crippen LogP contribution is -1.99. The lowest BCUT2D eigenvalue weighted by molar-refractivity contribution is 1.51. The van der Waals surface area contributed by atoms with E-state index in [9.17, 15) is 0 Å². The van der Waals surface area contributed by atoms with Crippen molar-refractivity contribution in [2.24, 2.45) is 0 Å². The minimum absolute atomic E-state index is 1.04. The Labute approximate surface area is 197 Å². The number of hydrogen-bond donors (Lipinski definition) is 1. The third-order valence-electron chi connectivity index (χ3n) is 5.54. The van der Waals surface area contributed by atoms with Crippen molar-refractivity contribution in [3.63, 3.8) is 0 Å². The molecule has 0 heterocycles. The van der Waals surface area contributed by atoms with E-state index in [1.807, 2.05) is 24.3 Å². The zero-order valence-corrected chi connectivity index (χ0v) is 19.1. The summed E-state index contributed by atoms with van der Waals surface area (Å²) in [6.45, 7) is 0. The second kappa shape index (κ2) is 9.25. The number of hydrogen-bond acceptors (Lipinski definition) is 1. The first-order chi connectivity index (χ1) is 15.8. The van der Waals surface area contributed by atoms with E-state index in [1.165, 1.54) is 21.9 Å². The first kappa shape index (κ1) is 20.3. The molecular formula is C30H22BrN. The maximum Gasteiger partial charge on any atom is 0.0475 e. The predicted molar refractivity (Wildman–Crippen MR) is 141 cm³/mol. The molecule has 0 aromatic heterocycles. The van der Waals surface area contributed by atoms with Crippen molar-refractivity contribution in [1.82, 2.24) is 0 Å². The van der Waals surface area contributed by atoms with Crippen molar-refractivity contribution in [3.05, 3.63) is 137 Å². The van der Waals surface area contributed by atoms with E-state index in [1.54, 1.807) is 0 Å². The molecule has 0 aliphatic carbocycles. The quantitative estimate of drug-likeness (QED) is 0.250. The lowest BCUT2D eigenvalue weighted by atomic mass is 9.97. The molecule has 0 fully saturated rings. The maximum atomic E-state index is 3.71. The van der Waals surface area contributed by atoms with Gasteiger partial charge in [-0.1, -0.05) is 119 Å². The Morgan fingerprint density at radius 3 is 2.12 bits per heavy atom. The first-order valence-corrected chi connectivity index (χ1v) is 11.4. The third-order valence-corrected chi connectivity index (χ3v) is 6.23. The third kappa shape index (κ3) is 4.37. The monoisotopic (exact) mass is 475 g/mol. The van der Waals surface area contributed by atoms with Crippen molar-refractivity contribution >= 4 is 44.2 Å². The second-order valence-electron chi connectivity index (χ2n) is 7.68. The van der Waals surface area contributed by atoms with E-state index in [2.05, 4.69) is 124 Å². The van der Waals surface area contributed by atoms with Crippen LogP contribution in [0.4, 0.5) is 5.69 Å².